The Hall–Kier alpha value is -3.55. The van der Waals surface area contributed by atoms with Gasteiger partial charge in [-0.15, -0.1) is 0 Å². The molecule has 1 aromatic heterocycles. The van der Waals surface area contributed by atoms with E-state index >= 15 is 0 Å². The molecule has 0 radical (unpaired) electrons. The molecular weight excluding hydrogens is 460 g/mol. The van der Waals surface area contributed by atoms with Crippen LogP contribution in [0, 0.1) is 0 Å². The first-order valence-corrected chi connectivity index (χ1v) is 13.3. The Balaban J connectivity index is 1.33. The highest BCUT2D eigenvalue weighted by Gasteiger charge is 2.14. The summed E-state index contributed by atoms with van der Waals surface area (Å²) in [4.78, 5) is 29.7. The van der Waals surface area contributed by atoms with Crippen LogP contribution in [0.2, 0.25) is 0 Å². The largest absolute Gasteiger partial charge is 0.348 e. The number of hydrogen-bond acceptors (Lipinski definition) is 5. The normalized spacial score (nSPS) is 12.9. The van der Waals surface area contributed by atoms with Crippen molar-refractivity contribution in [3.05, 3.63) is 95.7 Å². The van der Waals surface area contributed by atoms with Gasteiger partial charge in [0.25, 0.3) is 5.91 Å². The zero-order chi connectivity index (χ0) is 25.9. The minimum absolute atomic E-state index is 0.0931. The van der Waals surface area contributed by atoms with Crippen molar-refractivity contribution in [3.8, 4) is 0 Å². The van der Waals surface area contributed by atoms with E-state index in [1.807, 2.05) is 36.7 Å². The molecule has 3 aromatic rings. The number of benzene rings is 2. The highest BCUT2D eigenvalue weighted by atomic mass is 16.1. The number of nitrogens with zero attached hydrogens (tertiary/aromatic N) is 4. The summed E-state index contributed by atoms with van der Waals surface area (Å²) in [5.41, 5.74) is 5.02. The van der Waals surface area contributed by atoms with E-state index in [1.165, 1.54) is 11.1 Å². The molecule has 1 amide bonds. The first-order valence-electron chi connectivity index (χ1n) is 13.3. The number of carbonyl (C=O) groups is 1. The zero-order valence-corrected chi connectivity index (χ0v) is 22.0. The van der Waals surface area contributed by atoms with Gasteiger partial charge in [0.15, 0.2) is 0 Å². The molecule has 0 bridgehead atoms. The Bertz CT molecular complexity index is 1160. The third-order valence-corrected chi connectivity index (χ3v) is 6.37. The van der Waals surface area contributed by atoms with Gasteiger partial charge in [-0.2, -0.15) is 0 Å². The summed E-state index contributed by atoms with van der Waals surface area (Å²) in [5, 5.41) is 3.03. The van der Waals surface area contributed by atoms with Gasteiger partial charge < -0.3 is 10.3 Å². The van der Waals surface area contributed by atoms with Crippen LogP contribution < -0.4 is 5.32 Å². The number of carbonyl (C=O) groups excluding carboxylic acids is 1. The van der Waals surface area contributed by atoms with Gasteiger partial charge in [0, 0.05) is 61.6 Å². The predicted molar refractivity (Wildman–Crippen MR) is 151 cm³/mol. The standard InChI is InChI=1S/C30H38N6O/c1-3-18-35(19-4-2)20-24-7-11-26(12-8-24)30(37)34-27-13-9-25(10-14-27)21-36(22-28-6-5-15-31-28)23-29-32-16-17-33-29/h5,7-17H,3-4,6,18-23H2,1-2H3,(H,32,33)(H,34,37). The number of allylic oxidation sites excluding steroid dienone is 1. The summed E-state index contributed by atoms with van der Waals surface area (Å²) in [6.45, 7) is 9.81. The van der Waals surface area contributed by atoms with Crippen molar-refractivity contribution >= 4 is 17.3 Å². The number of anilines is 1. The Kier molecular flexibility index (Phi) is 9.80. The maximum Gasteiger partial charge on any atom is 0.255 e. The topological polar surface area (TPSA) is 76.6 Å². The van der Waals surface area contributed by atoms with Crippen LogP contribution in [0.5, 0.6) is 0 Å². The first-order chi connectivity index (χ1) is 18.1. The van der Waals surface area contributed by atoms with Crippen LogP contribution in [0.15, 0.2) is 78.2 Å². The Labute approximate surface area is 220 Å². The van der Waals surface area contributed by atoms with Crippen LogP contribution in [0.25, 0.3) is 0 Å². The SMILES string of the molecule is CCCN(CCC)Cc1ccc(C(=O)Nc2ccc(CN(CC3=NC=CC3)Cc3ncc[nH]3)cc2)cc1. The van der Waals surface area contributed by atoms with Gasteiger partial charge in [-0.1, -0.05) is 44.2 Å². The average Bonchev–Trinajstić information content (AvgIpc) is 3.61. The molecule has 0 unspecified atom stereocenters. The van der Waals surface area contributed by atoms with Gasteiger partial charge in [-0.3, -0.25) is 19.6 Å². The minimum atomic E-state index is -0.0931. The van der Waals surface area contributed by atoms with E-state index in [2.05, 4.69) is 74.3 Å². The number of hydrogen-bond donors (Lipinski definition) is 2. The van der Waals surface area contributed by atoms with Gasteiger partial charge in [0.2, 0.25) is 0 Å². The number of imidazole rings is 1. The molecule has 4 rings (SSSR count). The summed E-state index contributed by atoms with van der Waals surface area (Å²) in [7, 11) is 0. The van der Waals surface area contributed by atoms with Crippen LogP contribution in [-0.4, -0.2) is 51.0 Å². The van der Waals surface area contributed by atoms with Crippen molar-refractivity contribution in [2.75, 3.05) is 25.0 Å². The molecule has 1 aliphatic heterocycles. The molecular formula is C30H38N6O. The number of nitrogens with one attached hydrogen (secondary N) is 2. The molecule has 2 N–H and O–H groups in total. The van der Waals surface area contributed by atoms with Crippen LogP contribution in [0.3, 0.4) is 0 Å². The lowest BCUT2D eigenvalue weighted by molar-refractivity contribution is 0.102. The third-order valence-electron chi connectivity index (χ3n) is 6.37. The van der Waals surface area contributed by atoms with E-state index in [9.17, 15) is 4.79 Å². The highest BCUT2D eigenvalue weighted by Crippen LogP contribution is 2.16. The van der Waals surface area contributed by atoms with Crippen LogP contribution >= 0.6 is 0 Å². The summed E-state index contributed by atoms with van der Waals surface area (Å²) >= 11 is 0. The maximum absolute atomic E-state index is 12.8. The van der Waals surface area contributed by atoms with E-state index in [0.717, 1.165) is 75.8 Å². The summed E-state index contributed by atoms with van der Waals surface area (Å²) in [6.07, 6.45) is 10.8. The molecule has 7 nitrogen and oxygen atoms in total. The number of rotatable bonds is 14. The van der Waals surface area contributed by atoms with Crippen molar-refractivity contribution in [3.63, 3.8) is 0 Å². The molecule has 194 valence electrons. The lowest BCUT2D eigenvalue weighted by Crippen LogP contribution is -2.29. The summed E-state index contributed by atoms with van der Waals surface area (Å²) in [5.74, 6) is 0.842. The zero-order valence-electron chi connectivity index (χ0n) is 22.0. The number of H-pyrrole nitrogens is 1. The molecule has 7 heteroatoms. The Morgan fingerprint density at radius 1 is 0.892 bits per heavy atom. The molecule has 2 aromatic carbocycles. The van der Waals surface area contributed by atoms with E-state index in [4.69, 9.17) is 0 Å². The van der Waals surface area contributed by atoms with Crippen molar-refractivity contribution in [2.24, 2.45) is 4.99 Å². The van der Waals surface area contributed by atoms with E-state index in [1.54, 1.807) is 6.20 Å². The molecule has 0 fully saturated rings. The van der Waals surface area contributed by atoms with Crippen molar-refractivity contribution in [2.45, 2.75) is 52.7 Å². The Morgan fingerprint density at radius 2 is 1.57 bits per heavy atom. The molecule has 0 saturated carbocycles. The molecule has 1 aliphatic rings. The molecule has 37 heavy (non-hydrogen) atoms. The number of aliphatic imine (C=N–C) groups is 1. The van der Waals surface area contributed by atoms with Crippen molar-refractivity contribution in [1.82, 2.24) is 19.8 Å². The maximum atomic E-state index is 12.8. The van der Waals surface area contributed by atoms with Crippen LogP contribution in [0.4, 0.5) is 5.69 Å². The van der Waals surface area contributed by atoms with E-state index in [-0.39, 0.29) is 5.91 Å². The van der Waals surface area contributed by atoms with Crippen LogP contribution in [-0.2, 0) is 19.6 Å². The van der Waals surface area contributed by atoms with Gasteiger partial charge in [-0.25, -0.2) is 4.98 Å². The van der Waals surface area contributed by atoms with Crippen molar-refractivity contribution in [1.29, 1.82) is 0 Å². The average molecular weight is 499 g/mol. The highest BCUT2D eigenvalue weighted by molar-refractivity contribution is 6.04. The van der Waals surface area contributed by atoms with E-state index < -0.39 is 0 Å². The lowest BCUT2D eigenvalue weighted by Gasteiger charge is -2.21. The smallest absolute Gasteiger partial charge is 0.255 e. The number of aromatic amines is 1. The predicted octanol–water partition coefficient (Wildman–Crippen LogP) is 5.64. The van der Waals surface area contributed by atoms with E-state index in [0.29, 0.717) is 5.56 Å². The second kappa shape index (κ2) is 13.7. The van der Waals surface area contributed by atoms with Crippen LogP contribution in [0.1, 0.15) is 60.4 Å². The third kappa shape index (κ3) is 8.23. The second-order valence-electron chi connectivity index (χ2n) is 9.59. The fraction of sp³-hybridized carbons (Fsp3) is 0.367. The summed E-state index contributed by atoms with van der Waals surface area (Å²) < 4.78 is 0. The molecule has 0 atom stereocenters. The second-order valence-corrected chi connectivity index (χ2v) is 9.59. The van der Waals surface area contributed by atoms with Gasteiger partial charge in [0.1, 0.15) is 5.82 Å². The molecule has 0 aliphatic carbocycles. The molecule has 2 heterocycles. The monoisotopic (exact) mass is 498 g/mol. The Morgan fingerprint density at radius 3 is 2.16 bits per heavy atom. The quantitative estimate of drug-likeness (QED) is 0.301. The number of aromatic nitrogens is 2. The first kappa shape index (κ1) is 26.5. The molecule has 0 spiro atoms. The van der Waals surface area contributed by atoms with Gasteiger partial charge in [-0.05, 0) is 61.3 Å². The molecule has 0 saturated heterocycles. The van der Waals surface area contributed by atoms with Crippen molar-refractivity contribution < 1.29 is 4.79 Å². The fourth-order valence-corrected chi connectivity index (χ4v) is 4.60. The minimum Gasteiger partial charge on any atom is -0.348 e. The summed E-state index contributed by atoms with van der Waals surface area (Å²) in [6, 6.07) is 16.0. The van der Waals surface area contributed by atoms with Gasteiger partial charge >= 0.3 is 0 Å². The fourth-order valence-electron chi connectivity index (χ4n) is 4.60. The number of amides is 1. The van der Waals surface area contributed by atoms with Gasteiger partial charge in [0.05, 0.1) is 6.54 Å². The lowest BCUT2D eigenvalue weighted by atomic mass is 10.1.